The zero-order valence-electron chi connectivity index (χ0n) is 17.2. The van der Waals surface area contributed by atoms with Crippen molar-refractivity contribution in [1.82, 2.24) is 14.9 Å². The second-order valence-corrected chi connectivity index (χ2v) is 7.89. The summed E-state index contributed by atoms with van der Waals surface area (Å²) in [7, 11) is 0. The molecule has 1 heterocycles. The van der Waals surface area contributed by atoms with Gasteiger partial charge in [0.25, 0.3) is 5.69 Å². The van der Waals surface area contributed by atoms with Gasteiger partial charge in [-0.05, 0) is 38.1 Å². The summed E-state index contributed by atoms with van der Waals surface area (Å²) in [6.07, 6.45) is 1.55. The lowest BCUT2D eigenvalue weighted by molar-refractivity contribution is -0.384. The highest BCUT2D eigenvalue weighted by Crippen LogP contribution is 2.32. The number of nitro groups is 1. The molecule has 0 aliphatic carbocycles. The van der Waals surface area contributed by atoms with E-state index >= 15 is 0 Å². The number of ether oxygens (including phenoxy) is 1. The average molecular weight is 462 g/mol. The van der Waals surface area contributed by atoms with Crippen LogP contribution in [0.5, 0.6) is 5.75 Å². The number of aromatic nitrogens is 2. The number of hydrogen-bond acceptors (Lipinski definition) is 6. The van der Waals surface area contributed by atoms with Crippen molar-refractivity contribution in [3.05, 3.63) is 64.8 Å². The number of benzene rings is 2. The molecule has 32 heavy (non-hydrogen) atoms. The Kier molecular flexibility index (Phi) is 7.41. The Bertz CT molecular complexity index is 1100. The molecule has 0 spiro atoms. The first-order valence-electron chi connectivity index (χ1n) is 9.54. The topological polar surface area (TPSA) is 99.3 Å². The molecule has 0 aliphatic rings. The minimum Gasteiger partial charge on any atom is -0.435 e. The van der Waals surface area contributed by atoms with Crippen LogP contribution in [0.25, 0.3) is 16.9 Å². The molecule has 168 valence electrons. The fourth-order valence-corrected chi connectivity index (χ4v) is 3.74. The molecule has 3 rings (SSSR count). The highest BCUT2D eigenvalue weighted by Gasteiger charge is 2.18. The van der Waals surface area contributed by atoms with Gasteiger partial charge in [0.2, 0.25) is 5.91 Å². The molecule has 0 unspecified atom stereocenters. The molecule has 0 fully saturated rings. The highest BCUT2D eigenvalue weighted by molar-refractivity contribution is 7.99. The summed E-state index contributed by atoms with van der Waals surface area (Å²) in [5.74, 6) is -0.0701. The second kappa shape index (κ2) is 10.2. The van der Waals surface area contributed by atoms with Crippen LogP contribution in [-0.4, -0.2) is 38.8 Å². The Morgan fingerprint density at radius 3 is 2.59 bits per heavy atom. The molecule has 2 aromatic carbocycles. The molecule has 11 heteroatoms. The SMILES string of the molecule is CC(C)NC(=O)CSc1ncc(-c2cccc([N+](=O)[O-])c2)n1-c1ccc(OC(F)F)cc1. The molecule has 1 N–H and O–H groups in total. The van der Waals surface area contributed by atoms with E-state index in [0.717, 1.165) is 0 Å². The van der Waals surface area contributed by atoms with Gasteiger partial charge < -0.3 is 10.1 Å². The number of nitro benzene ring substituents is 1. The van der Waals surface area contributed by atoms with Crippen molar-refractivity contribution in [2.75, 3.05) is 5.75 Å². The number of thioether (sulfide) groups is 1. The van der Waals surface area contributed by atoms with E-state index in [1.807, 2.05) is 13.8 Å². The van der Waals surface area contributed by atoms with E-state index in [1.165, 1.54) is 36.0 Å². The van der Waals surface area contributed by atoms with Crippen LogP contribution in [0.2, 0.25) is 0 Å². The van der Waals surface area contributed by atoms with Crippen molar-refractivity contribution < 1.29 is 23.2 Å². The first-order valence-corrected chi connectivity index (χ1v) is 10.5. The maximum Gasteiger partial charge on any atom is 0.387 e. The minimum absolute atomic E-state index is 0.00808. The van der Waals surface area contributed by atoms with Crippen LogP contribution < -0.4 is 10.1 Å². The van der Waals surface area contributed by atoms with Crippen molar-refractivity contribution >= 4 is 23.4 Å². The minimum atomic E-state index is -2.94. The van der Waals surface area contributed by atoms with E-state index < -0.39 is 11.5 Å². The third-order valence-corrected chi connectivity index (χ3v) is 5.14. The van der Waals surface area contributed by atoms with Crippen LogP contribution in [0.3, 0.4) is 0 Å². The van der Waals surface area contributed by atoms with Gasteiger partial charge >= 0.3 is 6.61 Å². The molecular formula is C21H20F2N4O4S. The van der Waals surface area contributed by atoms with Gasteiger partial charge in [0.15, 0.2) is 5.16 Å². The predicted octanol–water partition coefficient (Wildman–Crippen LogP) is 4.67. The standard InChI is InChI=1S/C21H20F2N4O4S/c1-13(2)25-19(28)12-32-21-24-11-18(14-4-3-5-16(10-14)27(29)30)26(21)15-6-8-17(9-7-15)31-20(22)23/h3-11,13,20H,12H2,1-2H3,(H,25,28). The van der Waals surface area contributed by atoms with Crippen LogP contribution in [0, 0.1) is 10.1 Å². The van der Waals surface area contributed by atoms with Crippen LogP contribution in [-0.2, 0) is 4.79 Å². The maximum atomic E-state index is 12.5. The maximum absolute atomic E-state index is 12.5. The molecule has 3 aromatic rings. The van der Waals surface area contributed by atoms with Gasteiger partial charge in [-0.1, -0.05) is 23.9 Å². The summed E-state index contributed by atoms with van der Waals surface area (Å²) in [6, 6.07) is 12.0. The third kappa shape index (κ3) is 5.82. The molecule has 0 aliphatic heterocycles. The Morgan fingerprint density at radius 2 is 1.97 bits per heavy atom. The fraction of sp³-hybridized carbons (Fsp3) is 0.238. The molecule has 0 saturated heterocycles. The lowest BCUT2D eigenvalue weighted by Gasteiger charge is -2.13. The Labute approximate surface area is 186 Å². The molecule has 1 amide bonds. The molecule has 0 saturated carbocycles. The average Bonchev–Trinajstić information content (AvgIpc) is 3.16. The van der Waals surface area contributed by atoms with Crippen molar-refractivity contribution in [2.24, 2.45) is 0 Å². The molecule has 0 bridgehead atoms. The number of hydrogen-bond donors (Lipinski definition) is 1. The summed E-state index contributed by atoms with van der Waals surface area (Å²) >= 11 is 1.19. The quantitative estimate of drug-likeness (QED) is 0.282. The van der Waals surface area contributed by atoms with Gasteiger partial charge in [-0.25, -0.2) is 4.98 Å². The largest absolute Gasteiger partial charge is 0.435 e. The van der Waals surface area contributed by atoms with Crippen molar-refractivity contribution in [2.45, 2.75) is 31.7 Å². The lowest BCUT2D eigenvalue weighted by atomic mass is 10.1. The number of imidazole rings is 1. The first-order chi connectivity index (χ1) is 15.2. The summed E-state index contributed by atoms with van der Waals surface area (Å²) in [6.45, 7) is 0.764. The third-order valence-electron chi connectivity index (χ3n) is 4.18. The smallest absolute Gasteiger partial charge is 0.387 e. The van der Waals surface area contributed by atoms with Gasteiger partial charge in [0.1, 0.15) is 5.75 Å². The number of nitrogens with one attached hydrogen (secondary N) is 1. The molecule has 0 radical (unpaired) electrons. The molecule has 8 nitrogen and oxygen atoms in total. The Morgan fingerprint density at radius 1 is 1.25 bits per heavy atom. The number of halogens is 2. The van der Waals surface area contributed by atoms with Crippen LogP contribution in [0.15, 0.2) is 59.9 Å². The zero-order valence-corrected chi connectivity index (χ0v) is 18.0. The Hall–Kier alpha value is -3.47. The molecule has 1 aromatic heterocycles. The fourth-order valence-electron chi connectivity index (χ4n) is 2.94. The predicted molar refractivity (Wildman–Crippen MR) is 116 cm³/mol. The number of non-ortho nitro benzene ring substituents is 1. The van der Waals surface area contributed by atoms with E-state index in [1.54, 1.807) is 35.0 Å². The molecule has 0 atom stereocenters. The van der Waals surface area contributed by atoms with E-state index in [0.29, 0.717) is 22.1 Å². The normalized spacial score (nSPS) is 11.1. The van der Waals surface area contributed by atoms with E-state index in [-0.39, 0.29) is 29.1 Å². The van der Waals surface area contributed by atoms with Gasteiger partial charge in [-0.3, -0.25) is 19.5 Å². The van der Waals surface area contributed by atoms with Gasteiger partial charge in [-0.2, -0.15) is 8.78 Å². The first kappa shape index (κ1) is 23.2. The summed E-state index contributed by atoms with van der Waals surface area (Å²) in [5.41, 5.74) is 1.57. The summed E-state index contributed by atoms with van der Waals surface area (Å²) < 4.78 is 31.1. The van der Waals surface area contributed by atoms with Gasteiger partial charge in [0.05, 0.1) is 22.6 Å². The van der Waals surface area contributed by atoms with Gasteiger partial charge in [-0.15, -0.1) is 0 Å². The monoisotopic (exact) mass is 462 g/mol. The number of carbonyl (C=O) groups is 1. The van der Waals surface area contributed by atoms with Crippen LogP contribution in [0.4, 0.5) is 14.5 Å². The summed E-state index contributed by atoms with van der Waals surface area (Å²) in [4.78, 5) is 27.2. The number of amides is 1. The number of alkyl halides is 2. The number of nitrogens with zero attached hydrogens (tertiary/aromatic N) is 3. The van der Waals surface area contributed by atoms with Crippen LogP contribution in [0.1, 0.15) is 13.8 Å². The second-order valence-electron chi connectivity index (χ2n) is 6.95. The highest BCUT2D eigenvalue weighted by atomic mass is 32.2. The summed E-state index contributed by atoms with van der Waals surface area (Å²) in [5, 5.41) is 14.5. The number of rotatable bonds is 9. The van der Waals surface area contributed by atoms with Gasteiger partial charge in [0, 0.05) is 29.4 Å². The van der Waals surface area contributed by atoms with E-state index in [4.69, 9.17) is 0 Å². The lowest BCUT2D eigenvalue weighted by Crippen LogP contribution is -2.31. The van der Waals surface area contributed by atoms with Crippen molar-refractivity contribution in [1.29, 1.82) is 0 Å². The molecular weight excluding hydrogens is 442 g/mol. The zero-order chi connectivity index (χ0) is 23.3. The van der Waals surface area contributed by atoms with E-state index in [2.05, 4.69) is 15.0 Å². The Balaban J connectivity index is 2.00. The number of carbonyl (C=O) groups excluding carboxylic acids is 1. The van der Waals surface area contributed by atoms with Crippen molar-refractivity contribution in [3.8, 4) is 22.7 Å². The van der Waals surface area contributed by atoms with E-state index in [9.17, 15) is 23.7 Å². The van der Waals surface area contributed by atoms with Crippen LogP contribution >= 0.6 is 11.8 Å². The van der Waals surface area contributed by atoms with Crippen molar-refractivity contribution in [3.63, 3.8) is 0 Å².